The lowest BCUT2D eigenvalue weighted by atomic mass is 9.82. The number of likely N-dealkylation sites (tertiary alicyclic amines) is 3. The van der Waals surface area contributed by atoms with Gasteiger partial charge in [-0.25, -0.2) is 0 Å². The van der Waals surface area contributed by atoms with E-state index in [0.29, 0.717) is 0 Å². The van der Waals surface area contributed by atoms with Crippen molar-refractivity contribution in [2.24, 2.45) is 17.8 Å². The Labute approximate surface area is 144 Å². The predicted molar refractivity (Wildman–Crippen MR) is 98.8 cm³/mol. The Bertz CT molecular complexity index is 330. The number of rotatable bonds is 5. The zero-order chi connectivity index (χ0) is 16.1. The highest BCUT2D eigenvalue weighted by molar-refractivity contribution is 4.81. The lowest BCUT2D eigenvalue weighted by molar-refractivity contribution is 0.101. The van der Waals surface area contributed by atoms with Crippen LogP contribution >= 0.6 is 0 Å². The third-order valence-corrected chi connectivity index (χ3v) is 6.78. The van der Waals surface area contributed by atoms with Crippen LogP contribution in [0.15, 0.2) is 0 Å². The summed E-state index contributed by atoms with van der Waals surface area (Å²) in [4.78, 5) is 7.94. The summed E-state index contributed by atoms with van der Waals surface area (Å²) >= 11 is 0. The van der Waals surface area contributed by atoms with Crippen molar-refractivity contribution < 1.29 is 0 Å². The highest BCUT2D eigenvalue weighted by Gasteiger charge is 2.27. The molecule has 0 saturated carbocycles. The van der Waals surface area contributed by atoms with Gasteiger partial charge in [-0.15, -0.1) is 0 Å². The van der Waals surface area contributed by atoms with E-state index in [1.807, 2.05) is 0 Å². The number of hydrogen-bond acceptors (Lipinski definition) is 3. The van der Waals surface area contributed by atoms with E-state index in [-0.39, 0.29) is 0 Å². The molecular weight excluding hydrogens is 282 g/mol. The third-order valence-electron chi connectivity index (χ3n) is 6.78. The Balaban J connectivity index is 1.34. The molecule has 0 aromatic heterocycles. The van der Waals surface area contributed by atoms with Gasteiger partial charge in [0.1, 0.15) is 0 Å². The molecule has 0 unspecified atom stereocenters. The molecule has 134 valence electrons. The summed E-state index contributed by atoms with van der Waals surface area (Å²) in [5.74, 6) is 2.99. The molecule has 3 aliphatic heterocycles. The van der Waals surface area contributed by atoms with E-state index < -0.39 is 0 Å². The zero-order valence-corrected chi connectivity index (χ0v) is 15.7. The monoisotopic (exact) mass is 321 g/mol. The predicted octanol–water partition coefficient (Wildman–Crippen LogP) is 3.16. The van der Waals surface area contributed by atoms with Gasteiger partial charge < -0.3 is 14.7 Å². The van der Waals surface area contributed by atoms with Gasteiger partial charge in [-0.1, -0.05) is 6.92 Å². The van der Waals surface area contributed by atoms with Crippen LogP contribution in [-0.4, -0.2) is 74.1 Å². The molecule has 0 bridgehead atoms. The van der Waals surface area contributed by atoms with Crippen molar-refractivity contribution >= 4 is 0 Å². The van der Waals surface area contributed by atoms with Crippen molar-refractivity contribution in [2.75, 3.05) is 59.4 Å². The van der Waals surface area contributed by atoms with Crippen molar-refractivity contribution in [3.63, 3.8) is 0 Å². The first-order valence-corrected chi connectivity index (χ1v) is 10.4. The van der Waals surface area contributed by atoms with E-state index in [9.17, 15) is 0 Å². The standard InChI is InChI=1S/C20H39N3/c1-3-22-10-4-5-20(16-22)17-23-13-8-19(9-14-23)15-18-6-11-21(2)12-7-18/h18-20H,3-17H2,1-2H3/t20-/m1/s1. The Morgan fingerprint density at radius 1 is 0.739 bits per heavy atom. The quantitative estimate of drug-likeness (QED) is 0.770. The van der Waals surface area contributed by atoms with Gasteiger partial charge in [0.05, 0.1) is 0 Å². The van der Waals surface area contributed by atoms with Crippen LogP contribution in [0.3, 0.4) is 0 Å². The van der Waals surface area contributed by atoms with Gasteiger partial charge >= 0.3 is 0 Å². The molecule has 0 aromatic rings. The van der Waals surface area contributed by atoms with Crippen LogP contribution in [-0.2, 0) is 0 Å². The first-order valence-electron chi connectivity index (χ1n) is 10.4. The second kappa shape index (κ2) is 8.82. The Morgan fingerprint density at radius 3 is 2.04 bits per heavy atom. The van der Waals surface area contributed by atoms with E-state index in [0.717, 1.165) is 17.8 Å². The number of hydrogen-bond donors (Lipinski definition) is 0. The van der Waals surface area contributed by atoms with Gasteiger partial charge in [0.2, 0.25) is 0 Å². The molecule has 3 heteroatoms. The van der Waals surface area contributed by atoms with Crippen LogP contribution < -0.4 is 0 Å². The molecule has 3 aliphatic rings. The van der Waals surface area contributed by atoms with E-state index >= 15 is 0 Å². The normalized spacial score (nSPS) is 30.8. The second-order valence-electron chi connectivity index (χ2n) is 8.63. The van der Waals surface area contributed by atoms with Crippen LogP contribution in [0.25, 0.3) is 0 Å². The fraction of sp³-hybridized carbons (Fsp3) is 1.00. The molecule has 0 radical (unpaired) electrons. The van der Waals surface area contributed by atoms with E-state index in [1.54, 1.807) is 0 Å². The molecule has 3 saturated heterocycles. The first kappa shape index (κ1) is 17.7. The Kier molecular flexibility index (Phi) is 6.79. The molecular formula is C20H39N3. The van der Waals surface area contributed by atoms with Crippen molar-refractivity contribution in [3.8, 4) is 0 Å². The second-order valence-corrected chi connectivity index (χ2v) is 8.63. The molecule has 0 aromatic carbocycles. The maximum absolute atomic E-state index is 2.79. The molecule has 3 rings (SSSR count). The van der Waals surface area contributed by atoms with E-state index in [2.05, 4.69) is 28.7 Å². The fourth-order valence-corrected chi connectivity index (χ4v) is 5.13. The van der Waals surface area contributed by atoms with Crippen molar-refractivity contribution in [1.29, 1.82) is 0 Å². The molecule has 0 spiro atoms. The summed E-state index contributed by atoms with van der Waals surface area (Å²) in [5.41, 5.74) is 0. The molecule has 1 atom stereocenters. The highest BCUT2D eigenvalue weighted by Crippen LogP contribution is 2.30. The van der Waals surface area contributed by atoms with Crippen LogP contribution in [0.4, 0.5) is 0 Å². The molecule has 0 amide bonds. The van der Waals surface area contributed by atoms with Crippen molar-refractivity contribution in [3.05, 3.63) is 0 Å². The van der Waals surface area contributed by atoms with Gasteiger partial charge in [-0.2, -0.15) is 0 Å². The third kappa shape index (κ3) is 5.44. The summed E-state index contributed by atoms with van der Waals surface area (Å²) in [6, 6.07) is 0. The highest BCUT2D eigenvalue weighted by atomic mass is 15.2. The molecule has 3 heterocycles. The van der Waals surface area contributed by atoms with Crippen LogP contribution in [0.1, 0.15) is 51.9 Å². The van der Waals surface area contributed by atoms with Gasteiger partial charge in [0.25, 0.3) is 0 Å². The van der Waals surface area contributed by atoms with Crippen LogP contribution in [0, 0.1) is 17.8 Å². The SMILES string of the molecule is CCN1CCC[C@@H](CN2CCC(CC3CCN(C)CC3)CC2)C1. The average Bonchev–Trinajstić information content (AvgIpc) is 2.59. The summed E-state index contributed by atoms with van der Waals surface area (Å²) < 4.78 is 0. The fourth-order valence-electron chi connectivity index (χ4n) is 5.13. The maximum atomic E-state index is 2.79. The van der Waals surface area contributed by atoms with Gasteiger partial charge in [-0.05, 0) is 109 Å². The van der Waals surface area contributed by atoms with Crippen molar-refractivity contribution in [1.82, 2.24) is 14.7 Å². The van der Waals surface area contributed by atoms with E-state index in [1.165, 1.54) is 97.3 Å². The molecule has 23 heavy (non-hydrogen) atoms. The number of nitrogens with zero attached hydrogens (tertiary/aromatic N) is 3. The molecule has 3 nitrogen and oxygen atoms in total. The minimum absolute atomic E-state index is 0.939. The van der Waals surface area contributed by atoms with Gasteiger partial charge in [0.15, 0.2) is 0 Å². The van der Waals surface area contributed by atoms with Gasteiger partial charge in [-0.3, -0.25) is 0 Å². The Morgan fingerprint density at radius 2 is 1.39 bits per heavy atom. The minimum Gasteiger partial charge on any atom is -0.306 e. The maximum Gasteiger partial charge on any atom is 0.00219 e. The summed E-state index contributed by atoms with van der Waals surface area (Å²) in [6.07, 6.45) is 10.2. The summed E-state index contributed by atoms with van der Waals surface area (Å²) in [7, 11) is 2.28. The largest absolute Gasteiger partial charge is 0.306 e. The summed E-state index contributed by atoms with van der Waals surface area (Å²) in [5, 5.41) is 0. The van der Waals surface area contributed by atoms with Crippen molar-refractivity contribution in [2.45, 2.75) is 51.9 Å². The lowest BCUT2D eigenvalue weighted by Crippen LogP contribution is -2.43. The lowest BCUT2D eigenvalue weighted by Gasteiger charge is -2.39. The molecule has 0 aliphatic carbocycles. The van der Waals surface area contributed by atoms with Crippen LogP contribution in [0.5, 0.6) is 0 Å². The Hall–Kier alpha value is -0.120. The summed E-state index contributed by atoms with van der Waals surface area (Å²) in [6.45, 7) is 13.0. The molecule has 3 fully saturated rings. The smallest absolute Gasteiger partial charge is 0.00219 e. The van der Waals surface area contributed by atoms with E-state index in [4.69, 9.17) is 0 Å². The van der Waals surface area contributed by atoms with Gasteiger partial charge in [0, 0.05) is 13.1 Å². The zero-order valence-electron chi connectivity index (χ0n) is 15.7. The first-order chi connectivity index (χ1) is 11.2. The number of piperidine rings is 3. The molecule has 0 N–H and O–H groups in total. The topological polar surface area (TPSA) is 9.72 Å². The average molecular weight is 322 g/mol. The van der Waals surface area contributed by atoms with Crippen LogP contribution in [0.2, 0.25) is 0 Å². The minimum atomic E-state index is 0.939.